The first-order valence-electron chi connectivity index (χ1n) is 3.15. The van der Waals surface area contributed by atoms with E-state index in [0.29, 0.717) is 0 Å². The van der Waals surface area contributed by atoms with Crippen molar-refractivity contribution < 1.29 is 0 Å². The van der Waals surface area contributed by atoms with E-state index in [4.69, 9.17) is 0 Å². The molecule has 53 valence electrons. The van der Waals surface area contributed by atoms with E-state index < -0.39 is 0 Å². The van der Waals surface area contributed by atoms with Crippen molar-refractivity contribution >= 4 is 12.0 Å². The summed E-state index contributed by atoms with van der Waals surface area (Å²) in [6.45, 7) is 0. The molecule has 1 aliphatic rings. The molecule has 0 fully saturated rings. The monoisotopic (exact) mass is 145 g/mol. The van der Waals surface area contributed by atoms with Crippen molar-refractivity contribution in [2.75, 3.05) is 0 Å². The van der Waals surface area contributed by atoms with Gasteiger partial charge in [-0.1, -0.05) is 0 Å². The van der Waals surface area contributed by atoms with Crippen LogP contribution in [0.1, 0.15) is 5.56 Å². The highest BCUT2D eigenvalue weighted by Gasteiger charge is 2.02. The van der Waals surface area contributed by atoms with Crippen molar-refractivity contribution in [1.29, 1.82) is 0 Å². The van der Waals surface area contributed by atoms with Gasteiger partial charge in [-0.25, -0.2) is 20.3 Å². The van der Waals surface area contributed by atoms with Crippen molar-refractivity contribution in [3.05, 3.63) is 30.5 Å². The van der Waals surface area contributed by atoms with Crippen molar-refractivity contribution in [2.45, 2.75) is 0 Å². The molecule has 0 saturated carbocycles. The van der Waals surface area contributed by atoms with Gasteiger partial charge in [0.1, 0.15) is 12.7 Å². The summed E-state index contributed by atoms with van der Waals surface area (Å²) < 4.78 is 0. The molecule has 0 aromatic carbocycles. The van der Waals surface area contributed by atoms with Crippen LogP contribution >= 0.6 is 0 Å². The smallest absolute Gasteiger partial charge is 0.116 e. The number of aliphatic imine (C=N–C) groups is 1. The van der Waals surface area contributed by atoms with E-state index in [1.54, 1.807) is 18.6 Å². The minimum Gasteiger partial charge on any atom is -0.244 e. The third kappa shape index (κ3) is 1.10. The predicted octanol–water partition coefficient (Wildman–Crippen LogP) is 0.421. The van der Waals surface area contributed by atoms with Crippen LogP contribution in [0, 0.1) is 0 Å². The van der Waals surface area contributed by atoms with Gasteiger partial charge in [0, 0.05) is 18.0 Å². The molecule has 0 aliphatic carbocycles. The quantitative estimate of drug-likeness (QED) is 0.575. The van der Waals surface area contributed by atoms with Crippen LogP contribution in [0.5, 0.6) is 0 Å². The van der Waals surface area contributed by atoms with Gasteiger partial charge in [0.25, 0.3) is 0 Å². The maximum atomic E-state index is 4.00. The average molecular weight is 145 g/mol. The van der Waals surface area contributed by atoms with Crippen LogP contribution < -0.4 is 5.32 Å². The molecular formula is C7H5N4. The van der Waals surface area contributed by atoms with Crippen LogP contribution in [0.25, 0.3) is 5.70 Å². The Hall–Kier alpha value is -1.71. The SMILES string of the molecule is C1=NC(c2cncnc2)=C[N]1. The molecule has 1 radical (unpaired) electrons. The van der Waals surface area contributed by atoms with E-state index in [1.807, 2.05) is 0 Å². The summed E-state index contributed by atoms with van der Waals surface area (Å²) in [4.78, 5) is 11.7. The fourth-order valence-electron chi connectivity index (χ4n) is 0.813. The molecule has 0 atom stereocenters. The van der Waals surface area contributed by atoms with Gasteiger partial charge in [-0.05, 0) is 0 Å². The van der Waals surface area contributed by atoms with Gasteiger partial charge in [0.15, 0.2) is 0 Å². The molecule has 1 aliphatic heterocycles. The molecule has 11 heavy (non-hydrogen) atoms. The topological polar surface area (TPSA) is 52.2 Å². The van der Waals surface area contributed by atoms with Gasteiger partial charge >= 0.3 is 0 Å². The van der Waals surface area contributed by atoms with E-state index >= 15 is 0 Å². The van der Waals surface area contributed by atoms with Gasteiger partial charge in [-0.15, -0.1) is 0 Å². The number of nitrogens with zero attached hydrogens (tertiary/aromatic N) is 4. The first-order valence-corrected chi connectivity index (χ1v) is 3.15. The third-order valence-corrected chi connectivity index (χ3v) is 1.32. The summed E-state index contributed by atoms with van der Waals surface area (Å²) in [5, 5.41) is 3.83. The van der Waals surface area contributed by atoms with Crippen LogP contribution in [0.4, 0.5) is 0 Å². The van der Waals surface area contributed by atoms with Gasteiger partial charge in [0.05, 0.1) is 11.9 Å². The lowest BCUT2D eigenvalue weighted by Crippen LogP contribution is -1.83. The summed E-state index contributed by atoms with van der Waals surface area (Å²) in [6.07, 6.45) is 8.08. The highest BCUT2D eigenvalue weighted by Crippen LogP contribution is 2.13. The zero-order chi connectivity index (χ0) is 7.52. The first kappa shape index (κ1) is 6.03. The molecule has 1 aromatic heterocycles. The summed E-state index contributed by atoms with van der Waals surface area (Å²) in [6, 6.07) is 0. The largest absolute Gasteiger partial charge is 0.244 e. The standard InChI is InChI=1S/C7H5N4/c1-6(2-9-4-8-1)7-3-10-5-11-7/h1-5H. The molecule has 4 nitrogen and oxygen atoms in total. The lowest BCUT2D eigenvalue weighted by Gasteiger charge is -1.92. The summed E-state index contributed by atoms with van der Waals surface area (Å²) >= 11 is 0. The zero-order valence-electron chi connectivity index (χ0n) is 5.68. The normalized spacial score (nSPS) is 14.4. The molecule has 0 bridgehead atoms. The Labute approximate surface area is 63.7 Å². The zero-order valence-corrected chi connectivity index (χ0v) is 5.68. The van der Waals surface area contributed by atoms with Gasteiger partial charge < -0.3 is 0 Å². The number of rotatable bonds is 1. The van der Waals surface area contributed by atoms with Crippen LogP contribution in [0.2, 0.25) is 0 Å². The van der Waals surface area contributed by atoms with Crippen LogP contribution in [-0.4, -0.2) is 16.3 Å². The third-order valence-electron chi connectivity index (χ3n) is 1.32. The van der Waals surface area contributed by atoms with E-state index in [0.717, 1.165) is 11.3 Å². The molecule has 0 unspecified atom stereocenters. The van der Waals surface area contributed by atoms with E-state index in [2.05, 4.69) is 20.3 Å². The molecule has 0 saturated heterocycles. The summed E-state index contributed by atoms with van der Waals surface area (Å²) in [7, 11) is 0. The molecule has 0 amide bonds. The highest BCUT2D eigenvalue weighted by atomic mass is 15.0. The number of aromatic nitrogens is 2. The molecule has 2 rings (SSSR count). The van der Waals surface area contributed by atoms with Gasteiger partial charge in [0.2, 0.25) is 0 Å². The Morgan fingerprint density at radius 2 is 1.91 bits per heavy atom. The fraction of sp³-hybridized carbons (Fsp3) is 0. The predicted molar refractivity (Wildman–Crippen MR) is 40.6 cm³/mol. The molecule has 0 N–H and O–H groups in total. The second-order valence-corrected chi connectivity index (χ2v) is 2.04. The van der Waals surface area contributed by atoms with Crippen LogP contribution in [0.3, 0.4) is 0 Å². The Bertz CT molecular complexity index is 301. The number of hydrogen-bond acceptors (Lipinski definition) is 3. The van der Waals surface area contributed by atoms with Gasteiger partial charge in [-0.2, -0.15) is 0 Å². The second-order valence-electron chi connectivity index (χ2n) is 2.04. The lowest BCUT2D eigenvalue weighted by molar-refractivity contribution is 1.15. The summed E-state index contributed by atoms with van der Waals surface area (Å²) in [5.74, 6) is 0. The maximum absolute atomic E-state index is 4.00. The Morgan fingerprint density at radius 3 is 2.55 bits per heavy atom. The maximum Gasteiger partial charge on any atom is 0.116 e. The summed E-state index contributed by atoms with van der Waals surface area (Å²) in [5.41, 5.74) is 1.70. The number of hydrogen-bond donors (Lipinski definition) is 0. The van der Waals surface area contributed by atoms with Crippen LogP contribution in [0.15, 0.2) is 29.9 Å². The minimum absolute atomic E-state index is 0.811. The molecular weight excluding hydrogens is 140 g/mol. The van der Waals surface area contributed by atoms with Gasteiger partial charge in [-0.3, -0.25) is 0 Å². The Kier molecular flexibility index (Phi) is 1.37. The molecule has 1 aromatic rings. The minimum atomic E-state index is 0.811. The van der Waals surface area contributed by atoms with E-state index in [1.165, 1.54) is 12.7 Å². The van der Waals surface area contributed by atoms with Crippen molar-refractivity contribution in [3.63, 3.8) is 0 Å². The first-order chi connectivity index (χ1) is 5.47. The van der Waals surface area contributed by atoms with E-state index in [-0.39, 0.29) is 0 Å². The molecule has 4 heteroatoms. The Morgan fingerprint density at radius 1 is 1.09 bits per heavy atom. The second kappa shape index (κ2) is 2.49. The fourth-order valence-corrected chi connectivity index (χ4v) is 0.813. The van der Waals surface area contributed by atoms with Crippen molar-refractivity contribution in [3.8, 4) is 0 Å². The lowest BCUT2D eigenvalue weighted by atomic mass is 10.3. The molecule has 0 spiro atoms. The average Bonchev–Trinajstić information content (AvgIpc) is 2.58. The Balaban J connectivity index is 2.37. The van der Waals surface area contributed by atoms with E-state index in [9.17, 15) is 0 Å². The van der Waals surface area contributed by atoms with Crippen molar-refractivity contribution in [2.24, 2.45) is 4.99 Å². The molecule has 2 heterocycles. The van der Waals surface area contributed by atoms with Crippen LogP contribution in [-0.2, 0) is 0 Å². The van der Waals surface area contributed by atoms with Crippen molar-refractivity contribution in [1.82, 2.24) is 15.3 Å². The highest BCUT2D eigenvalue weighted by molar-refractivity contribution is 5.78.